The lowest BCUT2D eigenvalue weighted by Gasteiger charge is -2.32. The predicted octanol–water partition coefficient (Wildman–Crippen LogP) is 2.40. The molecule has 2 heterocycles. The van der Waals surface area contributed by atoms with Crippen molar-refractivity contribution in [1.82, 2.24) is 15.1 Å². The van der Waals surface area contributed by atoms with Gasteiger partial charge in [0.05, 0.1) is 13.2 Å². The third kappa shape index (κ3) is 5.31. The zero-order chi connectivity index (χ0) is 16.9. The van der Waals surface area contributed by atoms with Gasteiger partial charge in [-0.1, -0.05) is 23.8 Å². The van der Waals surface area contributed by atoms with E-state index in [9.17, 15) is 0 Å². The Kier molecular flexibility index (Phi) is 7.96. The number of benzene rings is 1. The van der Waals surface area contributed by atoms with E-state index in [1.54, 1.807) is 0 Å². The Morgan fingerprint density at radius 3 is 2.68 bits per heavy atom. The van der Waals surface area contributed by atoms with Gasteiger partial charge in [0.1, 0.15) is 0 Å². The average Bonchev–Trinajstić information content (AvgIpc) is 3.08. The van der Waals surface area contributed by atoms with Gasteiger partial charge >= 0.3 is 0 Å². The van der Waals surface area contributed by atoms with Crippen molar-refractivity contribution in [3.63, 3.8) is 0 Å². The van der Waals surface area contributed by atoms with E-state index in [-0.39, 0.29) is 24.0 Å². The van der Waals surface area contributed by atoms with Gasteiger partial charge in [-0.25, -0.2) is 0 Å². The molecule has 0 saturated carbocycles. The van der Waals surface area contributed by atoms with Crippen LogP contribution in [0.25, 0.3) is 0 Å². The molecule has 2 saturated heterocycles. The number of morpholine rings is 1. The minimum atomic E-state index is 0. The van der Waals surface area contributed by atoms with E-state index in [0.717, 1.165) is 51.9 Å². The molecule has 0 aliphatic carbocycles. The highest BCUT2D eigenvalue weighted by Gasteiger charge is 2.30. The lowest BCUT2D eigenvalue weighted by Crippen LogP contribution is -2.46. The lowest BCUT2D eigenvalue weighted by atomic mass is 10.1. The number of ether oxygens (including phenoxy) is 1. The molecular formula is C19H31IN4O. The smallest absolute Gasteiger partial charge is 0.193 e. The number of aliphatic imine (C=N–C) groups is 1. The van der Waals surface area contributed by atoms with Crippen LogP contribution in [-0.4, -0.2) is 68.2 Å². The molecule has 1 atom stereocenters. The summed E-state index contributed by atoms with van der Waals surface area (Å²) >= 11 is 0. The Morgan fingerprint density at radius 2 is 2.00 bits per heavy atom. The molecule has 140 valence electrons. The van der Waals surface area contributed by atoms with Crippen LogP contribution in [-0.2, 0) is 11.3 Å². The predicted molar refractivity (Wildman–Crippen MR) is 114 cm³/mol. The van der Waals surface area contributed by atoms with Gasteiger partial charge in [-0.05, 0) is 31.4 Å². The summed E-state index contributed by atoms with van der Waals surface area (Å²) in [6.45, 7) is 11.2. The van der Waals surface area contributed by atoms with E-state index >= 15 is 0 Å². The Bertz CT molecular complexity index is 587. The van der Waals surface area contributed by atoms with Gasteiger partial charge in [-0.2, -0.15) is 0 Å². The molecule has 0 radical (unpaired) electrons. The highest BCUT2D eigenvalue weighted by Crippen LogP contribution is 2.17. The van der Waals surface area contributed by atoms with Gasteiger partial charge in [0, 0.05) is 45.8 Å². The normalized spacial score (nSPS) is 22.0. The summed E-state index contributed by atoms with van der Waals surface area (Å²) in [6, 6.07) is 7.26. The van der Waals surface area contributed by atoms with Crippen LogP contribution in [0.4, 0.5) is 0 Å². The van der Waals surface area contributed by atoms with E-state index < -0.39 is 0 Å². The number of hydrogen-bond donors (Lipinski definition) is 1. The summed E-state index contributed by atoms with van der Waals surface area (Å²) in [5.41, 5.74) is 3.99. The van der Waals surface area contributed by atoms with Gasteiger partial charge in [0.15, 0.2) is 5.96 Å². The fourth-order valence-corrected chi connectivity index (χ4v) is 3.73. The summed E-state index contributed by atoms with van der Waals surface area (Å²) in [5, 5.41) is 3.54. The maximum Gasteiger partial charge on any atom is 0.193 e. The third-order valence-corrected chi connectivity index (χ3v) is 5.17. The number of aryl methyl sites for hydroxylation is 2. The summed E-state index contributed by atoms with van der Waals surface area (Å²) < 4.78 is 5.47. The van der Waals surface area contributed by atoms with Gasteiger partial charge in [0.2, 0.25) is 0 Å². The molecule has 0 bridgehead atoms. The van der Waals surface area contributed by atoms with Crippen LogP contribution in [0.5, 0.6) is 0 Å². The Labute approximate surface area is 168 Å². The van der Waals surface area contributed by atoms with E-state index in [1.807, 2.05) is 7.05 Å². The number of hydrogen-bond acceptors (Lipinski definition) is 3. The monoisotopic (exact) mass is 458 g/mol. The van der Waals surface area contributed by atoms with Crippen molar-refractivity contribution < 1.29 is 4.74 Å². The van der Waals surface area contributed by atoms with Crippen LogP contribution < -0.4 is 5.32 Å². The highest BCUT2D eigenvalue weighted by atomic mass is 127. The number of likely N-dealkylation sites (tertiary alicyclic amines) is 1. The molecule has 2 aliphatic rings. The number of guanidine groups is 1. The maximum atomic E-state index is 5.47. The molecule has 2 aliphatic heterocycles. The molecule has 1 aromatic rings. The second-order valence-corrected chi connectivity index (χ2v) is 6.87. The molecule has 1 aromatic carbocycles. The van der Waals surface area contributed by atoms with Crippen LogP contribution in [0.3, 0.4) is 0 Å². The highest BCUT2D eigenvalue weighted by molar-refractivity contribution is 14.0. The van der Waals surface area contributed by atoms with Gasteiger partial charge in [0.25, 0.3) is 0 Å². The molecule has 0 amide bonds. The molecule has 3 rings (SSSR count). The van der Waals surface area contributed by atoms with Crippen LogP contribution in [0.15, 0.2) is 23.2 Å². The molecule has 6 heteroatoms. The first-order chi connectivity index (χ1) is 11.7. The third-order valence-electron chi connectivity index (χ3n) is 5.17. The maximum absolute atomic E-state index is 5.47. The van der Waals surface area contributed by atoms with Crippen molar-refractivity contribution in [2.24, 2.45) is 4.99 Å². The van der Waals surface area contributed by atoms with Gasteiger partial charge in [-0.15, -0.1) is 24.0 Å². The summed E-state index contributed by atoms with van der Waals surface area (Å²) in [4.78, 5) is 9.46. The quantitative estimate of drug-likeness (QED) is 0.429. The minimum absolute atomic E-state index is 0. The van der Waals surface area contributed by atoms with Crippen LogP contribution in [0, 0.1) is 13.8 Å². The molecule has 1 unspecified atom stereocenters. The van der Waals surface area contributed by atoms with E-state index in [4.69, 9.17) is 4.74 Å². The van der Waals surface area contributed by atoms with E-state index in [1.165, 1.54) is 23.1 Å². The van der Waals surface area contributed by atoms with Crippen LogP contribution >= 0.6 is 24.0 Å². The van der Waals surface area contributed by atoms with Gasteiger partial charge in [-0.3, -0.25) is 9.89 Å². The van der Waals surface area contributed by atoms with E-state index in [2.05, 4.69) is 52.2 Å². The molecule has 2 fully saturated rings. The molecule has 25 heavy (non-hydrogen) atoms. The standard InChI is InChI=1S/C19H30N4O.HI/c1-15-4-5-17(16(2)12-15)13-21-19(20-3)23-7-6-18(14-23)22-8-10-24-11-9-22;/h4-5,12,18H,6-11,13-14H2,1-3H3,(H,20,21);1H. The first kappa shape index (κ1) is 20.5. The van der Waals surface area contributed by atoms with Crippen molar-refractivity contribution in [2.45, 2.75) is 32.9 Å². The van der Waals surface area contributed by atoms with Crippen molar-refractivity contribution in [3.8, 4) is 0 Å². The topological polar surface area (TPSA) is 40.1 Å². The zero-order valence-electron chi connectivity index (χ0n) is 15.6. The first-order valence-electron chi connectivity index (χ1n) is 9.01. The number of nitrogens with one attached hydrogen (secondary N) is 1. The average molecular weight is 458 g/mol. The Hall–Kier alpha value is -0.860. The van der Waals surface area contributed by atoms with Crippen molar-refractivity contribution in [1.29, 1.82) is 0 Å². The molecule has 0 spiro atoms. The summed E-state index contributed by atoms with van der Waals surface area (Å²) in [6.07, 6.45) is 1.21. The number of halogens is 1. The van der Waals surface area contributed by atoms with Gasteiger partial charge < -0.3 is 15.0 Å². The SMILES string of the molecule is CN=C(NCc1ccc(C)cc1C)N1CCC(N2CCOCC2)C1.I. The largest absolute Gasteiger partial charge is 0.379 e. The van der Waals surface area contributed by atoms with E-state index in [0.29, 0.717) is 6.04 Å². The number of rotatable bonds is 3. The molecular weight excluding hydrogens is 427 g/mol. The second-order valence-electron chi connectivity index (χ2n) is 6.87. The molecule has 0 aromatic heterocycles. The fraction of sp³-hybridized carbons (Fsp3) is 0.632. The van der Waals surface area contributed by atoms with Crippen LogP contribution in [0.2, 0.25) is 0 Å². The molecule has 1 N–H and O–H groups in total. The molecule has 5 nitrogen and oxygen atoms in total. The van der Waals surface area contributed by atoms with Crippen molar-refractivity contribution >= 4 is 29.9 Å². The zero-order valence-corrected chi connectivity index (χ0v) is 18.0. The Balaban J connectivity index is 0.00000225. The minimum Gasteiger partial charge on any atom is -0.379 e. The summed E-state index contributed by atoms with van der Waals surface area (Å²) in [7, 11) is 1.88. The fourth-order valence-electron chi connectivity index (χ4n) is 3.73. The number of nitrogens with zero attached hydrogens (tertiary/aromatic N) is 3. The lowest BCUT2D eigenvalue weighted by molar-refractivity contribution is 0.0195. The van der Waals surface area contributed by atoms with Crippen molar-refractivity contribution in [2.75, 3.05) is 46.4 Å². The second kappa shape index (κ2) is 9.73. The summed E-state index contributed by atoms with van der Waals surface area (Å²) in [5.74, 6) is 1.02. The first-order valence-corrected chi connectivity index (χ1v) is 9.01. The Morgan fingerprint density at radius 1 is 1.24 bits per heavy atom. The van der Waals surface area contributed by atoms with Crippen LogP contribution in [0.1, 0.15) is 23.1 Å². The van der Waals surface area contributed by atoms with Crippen molar-refractivity contribution in [3.05, 3.63) is 34.9 Å².